The summed E-state index contributed by atoms with van der Waals surface area (Å²) in [5.74, 6) is 0. The normalized spacial score (nSPS) is 22.2. The molecular formula is C20H24N2O. The van der Waals surface area contributed by atoms with Crippen LogP contribution in [0.2, 0.25) is 0 Å². The fourth-order valence-electron chi connectivity index (χ4n) is 3.91. The molecule has 3 nitrogen and oxygen atoms in total. The molecule has 1 fully saturated rings. The van der Waals surface area contributed by atoms with Gasteiger partial charge in [0, 0.05) is 18.8 Å². The Hall–Kier alpha value is -1.71. The summed E-state index contributed by atoms with van der Waals surface area (Å²) in [6.45, 7) is 2.90. The second-order valence-electron chi connectivity index (χ2n) is 6.72. The molecule has 0 saturated carbocycles. The first-order chi connectivity index (χ1) is 11.4. The molecule has 2 aromatic rings. The second kappa shape index (κ2) is 6.81. The van der Waals surface area contributed by atoms with Crippen molar-refractivity contribution < 1.29 is 4.74 Å². The summed E-state index contributed by atoms with van der Waals surface area (Å²) in [6, 6.07) is 15.6. The quantitative estimate of drug-likeness (QED) is 0.867. The Bertz CT molecular complexity index is 618. The van der Waals surface area contributed by atoms with Crippen LogP contribution >= 0.6 is 0 Å². The highest BCUT2D eigenvalue weighted by atomic mass is 16.5. The maximum atomic E-state index is 6.13. The maximum Gasteiger partial charge on any atom is 0.0892 e. The molecule has 1 aliphatic heterocycles. The monoisotopic (exact) mass is 308 g/mol. The van der Waals surface area contributed by atoms with Gasteiger partial charge in [-0.05, 0) is 55.5 Å². The standard InChI is InChI=1S/C20H24N2O/c1-2-7-17-13-19(12-16(17)6-1)22-11-5-9-20(14-22)23-15-18-8-3-4-10-21-18/h1-4,6-8,10,19-20H,5,9,11-15H2. The predicted molar refractivity (Wildman–Crippen MR) is 91.3 cm³/mol. The highest BCUT2D eigenvalue weighted by Crippen LogP contribution is 2.28. The third-order valence-corrected chi connectivity index (χ3v) is 5.15. The van der Waals surface area contributed by atoms with Crippen molar-refractivity contribution in [3.05, 3.63) is 65.5 Å². The number of hydrogen-bond acceptors (Lipinski definition) is 3. The lowest BCUT2D eigenvalue weighted by Crippen LogP contribution is -2.45. The molecule has 1 atom stereocenters. The molecule has 1 aliphatic carbocycles. The van der Waals surface area contributed by atoms with Crippen molar-refractivity contribution in [3.63, 3.8) is 0 Å². The highest BCUT2D eigenvalue weighted by molar-refractivity contribution is 5.33. The van der Waals surface area contributed by atoms with Crippen molar-refractivity contribution in [1.29, 1.82) is 0 Å². The molecule has 0 amide bonds. The van der Waals surface area contributed by atoms with Crippen LogP contribution in [0.15, 0.2) is 48.7 Å². The van der Waals surface area contributed by atoms with Crippen LogP contribution in [0, 0.1) is 0 Å². The van der Waals surface area contributed by atoms with Gasteiger partial charge in [0.1, 0.15) is 0 Å². The van der Waals surface area contributed by atoms with Crippen molar-refractivity contribution >= 4 is 0 Å². The number of pyridine rings is 1. The van der Waals surface area contributed by atoms with Gasteiger partial charge in [0.2, 0.25) is 0 Å². The smallest absolute Gasteiger partial charge is 0.0892 e. The number of nitrogens with zero attached hydrogens (tertiary/aromatic N) is 2. The third kappa shape index (κ3) is 3.46. The molecule has 1 aromatic carbocycles. The zero-order valence-corrected chi connectivity index (χ0v) is 13.5. The number of fused-ring (bicyclic) bond motifs is 1. The Morgan fingerprint density at radius 1 is 1.04 bits per heavy atom. The van der Waals surface area contributed by atoms with E-state index in [1.54, 1.807) is 0 Å². The van der Waals surface area contributed by atoms with Crippen molar-refractivity contribution in [2.45, 2.75) is 44.4 Å². The van der Waals surface area contributed by atoms with Crippen LogP contribution in [-0.2, 0) is 24.2 Å². The van der Waals surface area contributed by atoms with Gasteiger partial charge in [-0.3, -0.25) is 9.88 Å². The van der Waals surface area contributed by atoms with Gasteiger partial charge < -0.3 is 4.74 Å². The van der Waals surface area contributed by atoms with Crippen molar-refractivity contribution in [2.75, 3.05) is 13.1 Å². The largest absolute Gasteiger partial charge is 0.371 e. The zero-order chi connectivity index (χ0) is 15.5. The van der Waals surface area contributed by atoms with E-state index in [-0.39, 0.29) is 0 Å². The molecular weight excluding hydrogens is 284 g/mol. The second-order valence-corrected chi connectivity index (χ2v) is 6.72. The summed E-state index contributed by atoms with van der Waals surface area (Å²) < 4.78 is 6.13. The van der Waals surface area contributed by atoms with Gasteiger partial charge in [-0.25, -0.2) is 0 Å². The number of rotatable bonds is 4. The van der Waals surface area contributed by atoms with E-state index < -0.39 is 0 Å². The molecule has 120 valence electrons. The number of aromatic nitrogens is 1. The van der Waals surface area contributed by atoms with Gasteiger partial charge in [0.15, 0.2) is 0 Å². The van der Waals surface area contributed by atoms with E-state index >= 15 is 0 Å². The van der Waals surface area contributed by atoms with E-state index in [0.29, 0.717) is 18.8 Å². The first-order valence-electron chi connectivity index (χ1n) is 8.71. The van der Waals surface area contributed by atoms with Crippen LogP contribution in [0.4, 0.5) is 0 Å². The number of likely N-dealkylation sites (tertiary alicyclic amines) is 1. The molecule has 1 saturated heterocycles. The zero-order valence-electron chi connectivity index (χ0n) is 13.5. The van der Waals surface area contributed by atoms with Crippen LogP contribution in [0.1, 0.15) is 29.7 Å². The topological polar surface area (TPSA) is 25.4 Å². The third-order valence-electron chi connectivity index (χ3n) is 5.15. The number of hydrogen-bond donors (Lipinski definition) is 0. The van der Waals surface area contributed by atoms with Gasteiger partial charge in [-0.1, -0.05) is 30.3 Å². The van der Waals surface area contributed by atoms with Crippen molar-refractivity contribution in [1.82, 2.24) is 9.88 Å². The van der Waals surface area contributed by atoms with E-state index in [0.717, 1.165) is 12.2 Å². The Morgan fingerprint density at radius 3 is 2.57 bits per heavy atom. The lowest BCUT2D eigenvalue weighted by atomic mass is 10.0. The summed E-state index contributed by atoms with van der Waals surface area (Å²) in [7, 11) is 0. The van der Waals surface area contributed by atoms with Gasteiger partial charge in [0.25, 0.3) is 0 Å². The average molecular weight is 308 g/mol. The predicted octanol–water partition coefficient (Wildman–Crippen LogP) is 3.23. The first-order valence-corrected chi connectivity index (χ1v) is 8.71. The highest BCUT2D eigenvalue weighted by Gasteiger charge is 2.30. The minimum absolute atomic E-state index is 0.342. The number of piperidine rings is 1. The van der Waals surface area contributed by atoms with Crippen LogP contribution in [-0.4, -0.2) is 35.1 Å². The molecule has 3 heteroatoms. The lowest BCUT2D eigenvalue weighted by Gasteiger charge is -2.36. The summed E-state index contributed by atoms with van der Waals surface area (Å²) in [6.07, 6.45) is 6.98. The van der Waals surface area contributed by atoms with Crippen LogP contribution in [0.25, 0.3) is 0 Å². The number of ether oxygens (including phenoxy) is 1. The number of benzene rings is 1. The molecule has 2 aliphatic rings. The Balaban J connectivity index is 1.33. The van der Waals surface area contributed by atoms with Gasteiger partial charge >= 0.3 is 0 Å². The first kappa shape index (κ1) is 14.9. The van der Waals surface area contributed by atoms with E-state index in [4.69, 9.17) is 4.74 Å². The van der Waals surface area contributed by atoms with Crippen LogP contribution in [0.3, 0.4) is 0 Å². The molecule has 0 radical (unpaired) electrons. The van der Waals surface area contributed by atoms with Crippen LogP contribution in [0.5, 0.6) is 0 Å². The molecule has 1 aromatic heterocycles. The van der Waals surface area contributed by atoms with E-state index in [2.05, 4.69) is 34.1 Å². The summed E-state index contributed by atoms with van der Waals surface area (Å²) >= 11 is 0. The molecule has 4 rings (SSSR count). The molecule has 0 N–H and O–H groups in total. The van der Waals surface area contributed by atoms with E-state index in [9.17, 15) is 0 Å². The van der Waals surface area contributed by atoms with Crippen LogP contribution < -0.4 is 0 Å². The minimum Gasteiger partial charge on any atom is -0.371 e. The summed E-state index contributed by atoms with van der Waals surface area (Å²) in [5.41, 5.74) is 4.10. The Morgan fingerprint density at radius 2 is 1.83 bits per heavy atom. The van der Waals surface area contributed by atoms with Gasteiger partial charge in [-0.15, -0.1) is 0 Å². The molecule has 1 unspecified atom stereocenters. The molecule has 23 heavy (non-hydrogen) atoms. The van der Waals surface area contributed by atoms with E-state index in [1.807, 2.05) is 24.4 Å². The van der Waals surface area contributed by atoms with Gasteiger partial charge in [0.05, 0.1) is 18.4 Å². The Kier molecular flexibility index (Phi) is 4.40. The maximum absolute atomic E-state index is 6.13. The summed E-state index contributed by atoms with van der Waals surface area (Å²) in [4.78, 5) is 6.99. The molecule has 0 bridgehead atoms. The lowest BCUT2D eigenvalue weighted by molar-refractivity contribution is -0.0214. The fraction of sp³-hybridized carbons (Fsp3) is 0.450. The minimum atomic E-state index is 0.342. The average Bonchev–Trinajstić information content (AvgIpc) is 3.05. The molecule has 0 spiro atoms. The molecule has 2 heterocycles. The SMILES string of the molecule is c1ccc(COC2CCCN(C3Cc4ccccc4C3)C2)nc1. The Labute approximate surface area is 138 Å². The van der Waals surface area contributed by atoms with Gasteiger partial charge in [-0.2, -0.15) is 0 Å². The van der Waals surface area contributed by atoms with Crippen molar-refractivity contribution in [3.8, 4) is 0 Å². The van der Waals surface area contributed by atoms with E-state index in [1.165, 1.54) is 43.4 Å². The summed E-state index contributed by atoms with van der Waals surface area (Å²) in [5, 5.41) is 0. The fourth-order valence-corrected chi connectivity index (χ4v) is 3.91. The van der Waals surface area contributed by atoms with Crippen molar-refractivity contribution in [2.24, 2.45) is 0 Å².